The summed E-state index contributed by atoms with van der Waals surface area (Å²) in [5, 5.41) is 8.69. The molecule has 2 amide bonds. The minimum atomic E-state index is -0.465. The number of aromatic nitrogens is 3. The molecule has 1 aromatic carbocycles. The van der Waals surface area contributed by atoms with Gasteiger partial charge in [-0.2, -0.15) is 4.98 Å². The number of hydrogen-bond donors (Lipinski definition) is 2. The molecule has 0 aliphatic carbocycles. The highest BCUT2D eigenvalue weighted by molar-refractivity contribution is 6.04. The lowest BCUT2D eigenvalue weighted by atomic mass is 9.96. The van der Waals surface area contributed by atoms with E-state index in [2.05, 4.69) is 25.8 Å². The summed E-state index contributed by atoms with van der Waals surface area (Å²) < 4.78 is 4.91. The summed E-state index contributed by atoms with van der Waals surface area (Å²) in [6.07, 6.45) is 0. The number of amides is 2. The number of benzene rings is 1. The van der Waals surface area contributed by atoms with E-state index in [0.29, 0.717) is 11.5 Å². The number of pyridine rings is 1. The highest BCUT2D eigenvalue weighted by Gasteiger charge is 2.19. The van der Waals surface area contributed by atoms with Gasteiger partial charge in [-0.3, -0.25) is 14.9 Å². The molecular formula is C19H19N5O3. The van der Waals surface area contributed by atoms with Gasteiger partial charge >= 0.3 is 6.01 Å². The number of anilines is 1. The molecule has 2 N–H and O–H groups in total. The van der Waals surface area contributed by atoms with Gasteiger partial charge in [-0.25, -0.2) is 4.98 Å². The van der Waals surface area contributed by atoms with Crippen LogP contribution in [-0.2, 0) is 0 Å². The molecular weight excluding hydrogens is 346 g/mol. The molecule has 1 atom stereocenters. The van der Waals surface area contributed by atoms with Crippen LogP contribution in [0.2, 0.25) is 0 Å². The Morgan fingerprint density at radius 3 is 2.44 bits per heavy atom. The number of aryl methyl sites for hydroxylation is 1. The number of nitrogens with one attached hydrogen (secondary N) is 2. The van der Waals surface area contributed by atoms with Gasteiger partial charge in [0.15, 0.2) is 5.82 Å². The van der Waals surface area contributed by atoms with E-state index >= 15 is 0 Å². The van der Waals surface area contributed by atoms with Crippen molar-refractivity contribution in [3.63, 3.8) is 0 Å². The fourth-order valence-corrected chi connectivity index (χ4v) is 2.58. The Hall–Kier alpha value is -3.55. The monoisotopic (exact) mass is 365 g/mol. The van der Waals surface area contributed by atoms with Gasteiger partial charge in [-0.15, -0.1) is 0 Å². The summed E-state index contributed by atoms with van der Waals surface area (Å²) in [6.45, 7) is 3.61. The molecule has 0 radical (unpaired) electrons. The van der Waals surface area contributed by atoms with Gasteiger partial charge in [0.05, 0.1) is 0 Å². The summed E-state index contributed by atoms with van der Waals surface area (Å²) in [5.74, 6) is -0.537. The van der Waals surface area contributed by atoms with Crippen molar-refractivity contribution in [2.75, 3.05) is 12.4 Å². The number of rotatable bonds is 5. The van der Waals surface area contributed by atoms with Crippen LogP contribution < -0.4 is 10.6 Å². The zero-order valence-corrected chi connectivity index (χ0v) is 15.2. The fourth-order valence-electron chi connectivity index (χ4n) is 2.58. The lowest BCUT2D eigenvalue weighted by Gasteiger charge is -2.14. The van der Waals surface area contributed by atoms with Crippen LogP contribution in [0.3, 0.4) is 0 Å². The Kier molecular flexibility index (Phi) is 5.25. The standard InChI is InChI=1S/C19H19N5O3/c1-11(13-7-5-4-6-8-13)15-9-14(10-16(22-15)18(26)20-3)17(25)23-19-21-12(2)24-27-19/h4-11H,1-3H3,(H,20,26)(H,21,23,24,25). The lowest BCUT2D eigenvalue weighted by molar-refractivity contribution is 0.0958. The lowest BCUT2D eigenvalue weighted by Crippen LogP contribution is -2.22. The predicted octanol–water partition coefficient (Wildman–Crippen LogP) is 2.54. The Bertz CT molecular complexity index is 968. The molecule has 0 saturated carbocycles. The van der Waals surface area contributed by atoms with Crippen LogP contribution in [0.4, 0.5) is 6.01 Å². The van der Waals surface area contributed by atoms with Crippen molar-refractivity contribution in [3.8, 4) is 0 Å². The fraction of sp³-hybridized carbons (Fsp3) is 0.211. The molecule has 1 unspecified atom stereocenters. The molecule has 0 aliphatic rings. The van der Waals surface area contributed by atoms with Gasteiger partial charge in [0.1, 0.15) is 5.69 Å². The molecule has 27 heavy (non-hydrogen) atoms. The zero-order chi connectivity index (χ0) is 19.4. The molecule has 0 fully saturated rings. The maximum Gasteiger partial charge on any atom is 0.328 e. The van der Waals surface area contributed by atoms with Gasteiger partial charge in [0, 0.05) is 24.2 Å². The summed E-state index contributed by atoms with van der Waals surface area (Å²) in [6, 6.07) is 12.8. The van der Waals surface area contributed by atoms with Crippen LogP contribution in [0.15, 0.2) is 47.0 Å². The molecule has 8 nitrogen and oxygen atoms in total. The van der Waals surface area contributed by atoms with E-state index in [4.69, 9.17) is 4.52 Å². The van der Waals surface area contributed by atoms with E-state index in [0.717, 1.165) is 5.56 Å². The molecule has 3 rings (SSSR count). The van der Waals surface area contributed by atoms with E-state index in [1.165, 1.54) is 13.1 Å². The summed E-state index contributed by atoms with van der Waals surface area (Å²) in [7, 11) is 1.51. The van der Waals surface area contributed by atoms with Crippen LogP contribution in [0.5, 0.6) is 0 Å². The minimum Gasteiger partial charge on any atom is -0.354 e. The van der Waals surface area contributed by atoms with Crippen molar-refractivity contribution in [2.45, 2.75) is 19.8 Å². The van der Waals surface area contributed by atoms with Gasteiger partial charge in [-0.1, -0.05) is 42.4 Å². The molecule has 0 saturated heterocycles. The second kappa shape index (κ2) is 7.77. The van der Waals surface area contributed by atoms with Crippen LogP contribution in [-0.4, -0.2) is 34.0 Å². The minimum absolute atomic E-state index is 0.00605. The second-order valence-corrected chi connectivity index (χ2v) is 5.98. The second-order valence-electron chi connectivity index (χ2n) is 5.98. The van der Waals surface area contributed by atoms with Crippen molar-refractivity contribution in [2.24, 2.45) is 0 Å². The SMILES string of the molecule is CNC(=O)c1cc(C(=O)Nc2nc(C)no2)cc(C(C)c2ccccc2)n1. The average molecular weight is 365 g/mol. The highest BCUT2D eigenvalue weighted by atomic mass is 16.5. The molecule has 2 aromatic heterocycles. The normalized spacial score (nSPS) is 11.7. The smallest absolute Gasteiger partial charge is 0.328 e. The van der Waals surface area contributed by atoms with E-state index in [-0.39, 0.29) is 29.1 Å². The van der Waals surface area contributed by atoms with Gasteiger partial charge in [-0.05, 0) is 24.6 Å². The molecule has 0 aliphatic heterocycles. The summed E-state index contributed by atoms with van der Waals surface area (Å²) in [4.78, 5) is 33.1. The third-order valence-corrected chi connectivity index (χ3v) is 4.06. The highest BCUT2D eigenvalue weighted by Crippen LogP contribution is 2.24. The Balaban J connectivity index is 1.97. The average Bonchev–Trinajstić information content (AvgIpc) is 3.11. The van der Waals surface area contributed by atoms with E-state index in [1.54, 1.807) is 13.0 Å². The molecule has 138 valence electrons. The maximum atomic E-state index is 12.6. The van der Waals surface area contributed by atoms with E-state index < -0.39 is 5.91 Å². The van der Waals surface area contributed by atoms with E-state index in [9.17, 15) is 9.59 Å². The number of hydrogen-bond acceptors (Lipinski definition) is 6. The first-order valence-electron chi connectivity index (χ1n) is 8.38. The van der Waals surface area contributed by atoms with E-state index in [1.807, 2.05) is 37.3 Å². The summed E-state index contributed by atoms with van der Waals surface area (Å²) >= 11 is 0. The van der Waals surface area contributed by atoms with Gasteiger partial charge in [0.2, 0.25) is 0 Å². The third kappa shape index (κ3) is 4.17. The van der Waals surface area contributed by atoms with Crippen molar-refractivity contribution >= 4 is 17.8 Å². The van der Waals surface area contributed by atoms with Crippen LogP contribution in [0.25, 0.3) is 0 Å². The number of nitrogens with zero attached hydrogens (tertiary/aromatic N) is 3. The van der Waals surface area contributed by atoms with Crippen LogP contribution >= 0.6 is 0 Å². The number of carbonyl (C=O) groups is 2. The van der Waals surface area contributed by atoms with Gasteiger partial charge in [0.25, 0.3) is 11.8 Å². The molecule has 0 spiro atoms. The van der Waals surface area contributed by atoms with Crippen molar-refractivity contribution in [1.82, 2.24) is 20.4 Å². The van der Waals surface area contributed by atoms with Crippen molar-refractivity contribution in [1.29, 1.82) is 0 Å². The molecule has 3 aromatic rings. The van der Waals surface area contributed by atoms with Crippen molar-refractivity contribution < 1.29 is 14.1 Å². The van der Waals surface area contributed by atoms with Crippen LogP contribution in [0, 0.1) is 6.92 Å². The van der Waals surface area contributed by atoms with Crippen molar-refractivity contribution in [3.05, 3.63) is 70.8 Å². The number of carbonyl (C=O) groups excluding carboxylic acids is 2. The first kappa shape index (κ1) is 18.2. The molecule has 0 bridgehead atoms. The first-order chi connectivity index (χ1) is 13.0. The molecule has 8 heteroatoms. The third-order valence-electron chi connectivity index (χ3n) is 4.06. The Morgan fingerprint density at radius 1 is 1.07 bits per heavy atom. The quantitative estimate of drug-likeness (QED) is 0.719. The zero-order valence-electron chi connectivity index (χ0n) is 15.2. The Morgan fingerprint density at radius 2 is 1.81 bits per heavy atom. The Labute approximate surface area is 156 Å². The summed E-state index contributed by atoms with van der Waals surface area (Å²) in [5.41, 5.74) is 2.06. The topological polar surface area (TPSA) is 110 Å². The first-order valence-corrected chi connectivity index (χ1v) is 8.38. The van der Waals surface area contributed by atoms with Crippen LogP contribution in [0.1, 0.15) is 50.8 Å². The molecule has 2 heterocycles. The predicted molar refractivity (Wildman–Crippen MR) is 98.6 cm³/mol. The maximum absolute atomic E-state index is 12.6. The largest absolute Gasteiger partial charge is 0.354 e. The van der Waals surface area contributed by atoms with Gasteiger partial charge < -0.3 is 9.84 Å².